The first-order chi connectivity index (χ1) is 9.69. The van der Waals surface area contributed by atoms with E-state index in [9.17, 15) is 13.2 Å². The molecule has 0 radical (unpaired) electrons. The molecule has 3 N–H and O–H groups in total. The zero-order valence-corrected chi connectivity index (χ0v) is 13.4. The van der Waals surface area contributed by atoms with Gasteiger partial charge in [-0.15, -0.1) is 0 Å². The first-order valence-corrected chi connectivity index (χ1v) is 7.81. The number of rotatable bonds is 6. The van der Waals surface area contributed by atoms with Crippen molar-refractivity contribution in [3.05, 3.63) is 23.8 Å². The Hall–Kier alpha value is -1.64. The van der Waals surface area contributed by atoms with E-state index >= 15 is 0 Å². The molecule has 7 nitrogen and oxygen atoms in total. The number of carbonyl (C=O) groups is 1. The van der Waals surface area contributed by atoms with Gasteiger partial charge in [-0.05, 0) is 39.2 Å². The summed E-state index contributed by atoms with van der Waals surface area (Å²) in [5.41, 5.74) is 5.80. The summed E-state index contributed by atoms with van der Waals surface area (Å²) in [4.78, 5) is 13.4. The van der Waals surface area contributed by atoms with Crippen LogP contribution in [0.15, 0.2) is 23.1 Å². The van der Waals surface area contributed by atoms with Crippen LogP contribution in [0, 0.1) is 0 Å². The fourth-order valence-electron chi connectivity index (χ4n) is 1.54. The predicted molar refractivity (Wildman–Crippen MR) is 80.5 cm³/mol. The van der Waals surface area contributed by atoms with Gasteiger partial charge in [-0.25, -0.2) is 17.9 Å². The fourth-order valence-corrected chi connectivity index (χ4v) is 2.84. The van der Waals surface area contributed by atoms with Gasteiger partial charge in [-0.3, -0.25) is 0 Å². The van der Waals surface area contributed by atoms with Crippen molar-refractivity contribution < 1.29 is 17.9 Å². The van der Waals surface area contributed by atoms with E-state index in [4.69, 9.17) is 5.73 Å². The number of nitrogens with one attached hydrogen (secondary N) is 1. The Morgan fingerprint density at radius 3 is 2.57 bits per heavy atom. The number of carbonyl (C=O) groups excluding carboxylic acids is 1. The molecule has 0 amide bonds. The highest BCUT2D eigenvalue weighted by Crippen LogP contribution is 2.19. The largest absolute Gasteiger partial charge is 0.465 e. The third-order valence-corrected chi connectivity index (χ3v) is 4.63. The Morgan fingerprint density at radius 1 is 1.43 bits per heavy atom. The third-order valence-electron chi connectivity index (χ3n) is 3.15. The van der Waals surface area contributed by atoms with Crippen molar-refractivity contribution in [1.82, 2.24) is 9.62 Å². The number of nitrogens with two attached hydrogens (primary N) is 1. The summed E-state index contributed by atoms with van der Waals surface area (Å²) in [7, 11) is 1.06. The molecule has 1 unspecified atom stereocenters. The van der Waals surface area contributed by atoms with Crippen LogP contribution in [0.1, 0.15) is 17.3 Å². The van der Waals surface area contributed by atoms with E-state index in [1.807, 2.05) is 25.9 Å². The second-order valence-electron chi connectivity index (χ2n) is 4.91. The number of nitrogen functional groups attached to an aromatic ring is 1. The molecule has 0 heterocycles. The lowest BCUT2D eigenvalue weighted by atomic mass is 10.2. The van der Waals surface area contributed by atoms with Crippen LogP contribution in [0.2, 0.25) is 0 Å². The van der Waals surface area contributed by atoms with Crippen LogP contribution in [0.5, 0.6) is 0 Å². The number of benzene rings is 1. The molecule has 1 aromatic rings. The second-order valence-corrected chi connectivity index (χ2v) is 6.65. The molecule has 0 spiro atoms. The van der Waals surface area contributed by atoms with Crippen molar-refractivity contribution in [1.29, 1.82) is 0 Å². The smallest absolute Gasteiger partial charge is 0.339 e. The summed E-state index contributed by atoms with van der Waals surface area (Å²) in [5.74, 6) is -0.747. The van der Waals surface area contributed by atoms with E-state index in [-0.39, 0.29) is 28.7 Å². The maximum atomic E-state index is 12.3. The standard InChI is InChI=1S/C13H21N3O4S/c1-9(16(2)3)8-15-21(18,19)12-6-5-10(14)7-11(12)13(17)20-4/h5-7,9,15H,8,14H2,1-4H3. The van der Waals surface area contributed by atoms with Crippen molar-refractivity contribution in [3.63, 3.8) is 0 Å². The quantitative estimate of drug-likeness (QED) is 0.578. The average Bonchev–Trinajstić information content (AvgIpc) is 2.43. The molecular formula is C13H21N3O4S. The minimum Gasteiger partial charge on any atom is -0.465 e. The van der Waals surface area contributed by atoms with Gasteiger partial charge in [0.05, 0.1) is 17.6 Å². The Morgan fingerprint density at radius 2 is 2.05 bits per heavy atom. The van der Waals surface area contributed by atoms with E-state index < -0.39 is 16.0 Å². The highest BCUT2D eigenvalue weighted by Gasteiger charge is 2.23. The first kappa shape index (κ1) is 17.4. The van der Waals surface area contributed by atoms with Gasteiger partial charge in [0.15, 0.2) is 0 Å². The van der Waals surface area contributed by atoms with Crippen molar-refractivity contribution in [3.8, 4) is 0 Å². The number of sulfonamides is 1. The van der Waals surface area contributed by atoms with Gasteiger partial charge in [0.1, 0.15) is 0 Å². The molecule has 0 aliphatic rings. The van der Waals surface area contributed by atoms with Crippen molar-refractivity contribution >= 4 is 21.7 Å². The summed E-state index contributed by atoms with van der Waals surface area (Å²) < 4.78 is 31.7. The molecule has 118 valence electrons. The molecule has 0 bridgehead atoms. The number of likely N-dealkylation sites (N-methyl/N-ethyl adjacent to an activating group) is 1. The predicted octanol–water partition coefficient (Wildman–Crippen LogP) is 0.284. The van der Waals surface area contributed by atoms with Gasteiger partial charge < -0.3 is 15.4 Å². The van der Waals surface area contributed by atoms with E-state index in [1.165, 1.54) is 25.3 Å². The third kappa shape index (κ3) is 4.42. The number of methoxy groups -OCH3 is 1. The SMILES string of the molecule is COC(=O)c1cc(N)ccc1S(=O)(=O)NCC(C)N(C)C. The molecule has 1 rings (SSSR count). The zero-order valence-electron chi connectivity index (χ0n) is 12.6. The summed E-state index contributed by atoms with van der Waals surface area (Å²) in [6, 6.07) is 4.02. The lowest BCUT2D eigenvalue weighted by Gasteiger charge is -2.20. The van der Waals surface area contributed by atoms with Gasteiger partial charge in [0.2, 0.25) is 10.0 Å². The maximum absolute atomic E-state index is 12.3. The van der Waals surface area contributed by atoms with Gasteiger partial charge in [0.25, 0.3) is 0 Å². The molecule has 0 aliphatic heterocycles. The van der Waals surface area contributed by atoms with E-state index in [0.717, 1.165) is 0 Å². The summed E-state index contributed by atoms with van der Waals surface area (Å²) >= 11 is 0. The summed E-state index contributed by atoms with van der Waals surface area (Å²) in [6.07, 6.45) is 0. The Labute approximate surface area is 125 Å². The van der Waals surface area contributed by atoms with Gasteiger partial charge in [-0.1, -0.05) is 0 Å². The lowest BCUT2D eigenvalue weighted by Crippen LogP contribution is -2.38. The van der Waals surface area contributed by atoms with Crippen LogP contribution in [0.4, 0.5) is 5.69 Å². The molecular weight excluding hydrogens is 294 g/mol. The molecule has 8 heteroatoms. The monoisotopic (exact) mass is 315 g/mol. The second kappa shape index (κ2) is 6.88. The molecule has 21 heavy (non-hydrogen) atoms. The number of esters is 1. The Balaban J connectivity index is 3.11. The molecule has 0 saturated heterocycles. The molecule has 0 fully saturated rings. The summed E-state index contributed by atoms with van der Waals surface area (Å²) in [6.45, 7) is 2.10. The van der Waals surface area contributed by atoms with Crippen molar-refractivity contribution in [2.24, 2.45) is 0 Å². The minimum absolute atomic E-state index is 0.00938. The zero-order chi connectivity index (χ0) is 16.2. The number of hydrogen-bond acceptors (Lipinski definition) is 6. The Kier molecular flexibility index (Phi) is 5.70. The molecule has 1 atom stereocenters. The van der Waals surface area contributed by atoms with E-state index in [2.05, 4.69) is 9.46 Å². The topological polar surface area (TPSA) is 102 Å². The van der Waals surface area contributed by atoms with E-state index in [1.54, 1.807) is 0 Å². The number of anilines is 1. The van der Waals surface area contributed by atoms with Crippen LogP contribution >= 0.6 is 0 Å². The molecule has 0 aromatic heterocycles. The van der Waals surface area contributed by atoms with Crippen LogP contribution in [0.25, 0.3) is 0 Å². The van der Waals surface area contributed by atoms with Crippen molar-refractivity contribution in [2.45, 2.75) is 17.9 Å². The number of hydrogen-bond donors (Lipinski definition) is 2. The molecule has 1 aromatic carbocycles. The number of nitrogens with zero attached hydrogens (tertiary/aromatic N) is 1. The number of ether oxygens (including phenoxy) is 1. The summed E-state index contributed by atoms with van der Waals surface area (Å²) in [5, 5.41) is 0. The van der Waals surface area contributed by atoms with Gasteiger partial charge in [0, 0.05) is 18.3 Å². The molecule has 0 saturated carbocycles. The fraction of sp³-hybridized carbons (Fsp3) is 0.462. The molecule has 0 aliphatic carbocycles. The van der Waals surface area contributed by atoms with E-state index in [0.29, 0.717) is 0 Å². The van der Waals surface area contributed by atoms with Crippen LogP contribution < -0.4 is 10.5 Å². The first-order valence-electron chi connectivity index (χ1n) is 6.33. The van der Waals surface area contributed by atoms with Crippen LogP contribution in [-0.2, 0) is 14.8 Å². The lowest BCUT2D eigenvalue weighted by molar-refractivity contribution is 0.0596. The highest BCUT2D eigenvalue weighted by molar-refractivity contribution is 7.89. The normalized spacial score (nSPS) is 13.2. The van der Waals surface area contributed by atoms with Crippen LogP contribution in [-0.4, -0.2) is 53.1 Å². The van der Waals surface area contributed by atoms with Crippen molar-refractivity contribution in [2.75, 3.05) is 33.5 Å². The minimum atomic E-state index is -3.82. The maximum Gasteiger partial charge on any atom is 0.339 e. The Bertz CT molecular complexity index is 614. The van der Waals surface area contributed by atoms with Gasteiger partial charge in [-0.2, -0.15) is 0 Å². The average molecular weight is 315 g/mol. The van der Waals surface area contributed by atoms with Crippen LogP contribution in [0.3, 0.4) is 0 Å². The van der Waals surface area contributed by atoms with Gasteiger partial charge >= 0.3 is 5.97 Å². The highest BCUT2D eigenvalue weighted by atomic mass is 32.2.